The van der Waals surface area contributed by atoms with Crippen LogP contribution in [0.15, 0.2) is 12.2 Å². The van der Waals surface area contributed by atoms with Gasteiger partial charge in [0.2, 0.25) is 0 Å². The zero-order valence-electron chi connectivity index (χ0n) is 17.7. The molecule has 1 N–H and O–H groups in total. The van der Waals surface area contributed by atoms with Gasteiger partial charge in [0.25, 0.3) is 0 Å². The second-order valence-electron chi connectivity index (χ2n) is 7.21. The van der Waals surface area contributed by atoms with Gasteiger partial charge in [0.05, 0.1) is 0 Å². The van der Waals surface area contributed by atoms with Gasteiger partial charge in [-0.2, -0.15) is 8.42 Å². The average Bonchev–Trinajstić information content (AvgIpc) is 2.63. The van der Waals surface area contributed by atoms with E-state index in [0.29, 0.717) is 6.42 Å². The normalized spacial score (nSPS) is 12.7. The molecule has 5 nitrogen and oxygen atoms in total. The second-order valence-corrected chi connectivity index (χ2v) is 9.07. The summed E-state index contributed by atoms with van der Waals surface area (Å²) in [6.45, 7) is 3.70. The monoisotopic (exact) mass is 427 g/mol. The van der Waals surface area contributed by atoms with E-state index in [1.807, 2.05) is 0 Å². The Labute approximate surface area is 195 Å². The van der Waals surface area contributed by atoms with Gasteiger partial charge in [-0.1, -0.05) is 70.4 Å². The second kappa shape index (κ2) is 20.4. The molecule has 28 heavy (non-hydrogen) atoms. The van der Waals surface area contributed by atoms with Gasteiger partial charge in [-0.15, -0.1) is 0 Å². The van der Waals surface area contributed by atoms with Crippen LogP contribution in [0.4, 0.5) is 0 Å². The van der Waals surface area contributed by atoms with E-state index in [4.69, 9.17) is 0 Å². The van der Waals surface area contributed by atoms with Gasteiger partial charge in [-0.3, -0.25) is 4.79 Å². The van der Waals surface area contributed by atoms with Gasteiger partial charge in [-0.25, -0.2) is 0 Å². The van der Waals surface area contributed by atoms with Gasteiger partial charge in [-0.05, 0) is 46.1 Å². The Kier molecular flexibility index (Phi) is 22.1. The van der Waals surface area contributed by atoms with Crippen LogP contribution >= 0.6 is 0 Å². The summed E-state index contributed by atoms with van der Waals surface area (Å²) in [7, 11) is -2.33. The maximum absolute atomic E-state index is 11.6. The van der Waals surface area contributed by atoms with E-state index in [9.17, 15) is 13.2 Å². The zero-order valence-corrected chi connectivity index (χ0v) is 18.5. The zero-order chi connectivity index (χ0) is 20.4. The van der Waals surface area contributed by atoms with Crippen molar-refractivity contribution in [2.45, 2.75) is 109 Å². The summed E-state index contributed by atoms with van der Waals surface area (Å²) in [5, 5.41) is 1.68. The first-order valence-electron chi connectivity index (χ1n) is 10.7. The van der Waals surface area contributed by atoms with E-state index in [2.05, 4.69) is 28.6 Å². The fraction of sp³-hybridized carbons (Fsp3) is 0.857. The van der Waals surface area contributed by atoms with Crippen molar-refractivity contribution in [1.82, 2.24) is 5.32 Å². The van der Waals surface area contributed by atoms with Crippen molar-refractivity contribution in [1.29, 1.82) is 0 Å². The SMILES string of the molecule is CCCCCCCC/C=C\CCCCCCCC(=O)OS(=O)(=O)C(C)NC.[NaH]. The van der Waals surface area contributed by atoms with Gasteiger partial charge in [0.1, 0.15) is 5.37 Å². The van der Waals surface area contributed by atoms with Crippen molar-refractivity contribution >= 4 is 45.6 Å². The van der Waals surface area contributed by atoms with Crippen LogP contribution in [0.5, 0.6) is 0 Å². The number of allylic oxidation sites excluding steroid dienone is 2. The molecule has 0 spiro atoms. The van der Waals surface area contributed by atoms with E-state index >= 15 is 0 Å². The minimum atomic E-state index is -3.85. The Morgan fingerprint density at radius 2 is 1.36 bits per heavy atom. The Hall–Kier alpha value is 0.120. The molecule has 7 heteroatoms. The predicted molar refractivity (Wildman–Crippen MR) is 120 cm³/mol. The first kappa shape index (κ1) is 30.3. The fourth-order valence-corrected chi connectivity index (χ4v) is 3.50. The molecule has 1 atom stereocenters. The number of rotatable bonds is 18. The molecule has 0 heterocycles. The van der Waals surface area contributed by atoms with Crippen LogP contribution in [0.2, 0.25) is 0 Å². The molecule has 1 unspecified atom stereocenters. The van der Waals surface area contributed by atoms with Crippen LogP contribution in [0.3, 0.4) is 0 Å². The molecule has 0 saturated carbocycles. The molecule has 0 amide bonds. The van der Waals surface area contributed by atoms with Gasteiger partial charge in [0.15, 0.2) is 0 Å². The summed E-state index contributed by atoms with van der Waals surface area (Å²) in [5.74, 6) is -0.658. The third-order valence-electron chi connectivity index (χ3n) is 4.69. The minimum absolute atomic E-state index is 0. The molecule has 0 radical (unpaired) electrons. The number of nitrogens with one attached hydrogen (secondary N) is 1. The summed E-state index contributed by atoms with van der Waals surface area (Å²) < 4.78 is 27.8. The van der Waals surface area contributed by atoms with Crippen LogP contribution in [-0.4, -0.2) is 56.4 Å². The molecule has 0 aliphatic carbocycles. The molecule has 0 aromatic heterocycles. The van der Waals surface area contributed by atoms with Gasteiger partial charge < -0.3 is 9.50 Å². The van der Waals surface area contributed by atoms with Crippen LogP contribution in [0.1, 0.15) is 104 Å². The summed E-state index contributed by atoms with van der Waals surface area (Å²) >= 11 is 0. The number of carbonyl (C=O) groups excluding carboxylic acids is 1. The molecular weight excluding hydrogens is 385 g/mol. The van der Waals surface area contributed by atoms with E-state index in [1.54, 1.807) is 0 Å². The third-order valence-corrected chi connectivity index (χ3v) is 6.21. The number of unbranched alkanes of at least 4 members (excludes halogenated alkanes) is 11. The summed E-state index contributed by atoms with van der Waals surface area (Å²) in [5.41, 5.74) is 0. The molecule has 0 aromatic rings. The first-order chi connectivity index (χ1) is 12.9. The van der Waals surface area contributed by atoms with E-state index < -0.39 is 21.5 Å². The Balaban J connectivity index is 0. The maximum atomic E-state index is 11.6. The van der Waals surface area contributed by atoms with Gasteiger partial charge in [0, 0.05) is 6.42 Å². The Bertz CT molecular complexity index is 495. The van der Waals surface area contributed by atoms with Crippen LogP contribution in [-0.2, 0) is 19.1 Å². The molecule has 0 aromatic carbocycles. The molecule has 0 aliphatic rings. The van der Waals surface area contributed by atoms with Gasteiger partial charge >= 0.3 is 45.6 Å². The molecule has 0 rings (SSSR count). The molecule has 0 aliphatic heterocycles. The molecule has 0 bridgehead atoms. The number of carbonyl (C=O) groups is 1. The van der Waals surface area contributed by atoms with Crippen LogP contribution in [0, 0.1) is 0 Å². The Morgan fingerprint density at radius 3 is 1.86 bits per heavy atom. The van der Waals surface area contributed by atoms with Crippen molar-refractivity contribution in [3.05, 3.63) is 12.2 Å². The fourth-order valence-electron chi connectivity index (χ4n) is 2.73. The van der Waals surface area contributed by atoms with Crippen LogP contribution in [0.25, 0.3) is 0 Å². The van der Waals surface area contributed by atoms with Crippen LogP contribution < -0.4 is 5.32 Å². The molecular formula is C21H42NNaO4S. The average molecular weight is 428 g/mol. The number of hydrogen-bond acceptors (Lipinski definition) is 5. The van der Waals surface area contributed by atoms with Crippen molar-refractivity contribution in [2.75, 3.05) is 7.05 Å². The van der Waals surface area contributed by atoms with Crippen molar-refractivity contribution in [2.24, 2.45) is 0 Å². The summed E-state index contributed by atoms with van der Waals surface area (Å²) in [6, 6.07) is 0. The number of hydrogen-bond donors (Lipinski definition) is 1. The molecule has 0 fully saturated rings. The topological polar surface area (TPSA) is 72.5 Å². The molecule has 162 valence electrons. The predicted octanol–water partition coefficient (Wildman–Crippen LogP) is 4.81. The van der Waals surface area contributed by atoms with Crippen molar-refractivity contribution < 1.29 is 17.4 Å². The van der Waals surface area contributed by atoms with Crippen molar-refractivity contribution in [3.63, 3.8) is 0 Å². The van der Waals surface area contributed by atoms with Crippen molar-refractivity contribution in [3.8, 4) is 0 Å². The quantitative estimate of drug-likeness (QED) is 0.147. The third kappa shape index (κ3) is 18.2. The Morgan fingerprint density at radius 1 is 0.893 bits per heavy atom. The van der Waals surface area contributed by atoms with E-state index in [1.165, 1.54) is 65.3 Å². The molecule has 0 saturated heterocycles. The van der Waals surface area contributed by atoms with E-state index in [-0.39, 0.29) is 36.0 Å². The first-order valence-corrected chi connectivity index (χ1v) is 12.2. The van der Waals surface area contributed by atoms with E-state index in [0.717, 1.165) is 25.7 Å². The standard InChI is InChI=1S/C21H41NO4S.Na.H/c1-4-5-6-7-8-9-10-11-12-13-14-15-16-17-18-19-21(23)26-27(24,25)20(2)22-3;;/h11-12,20,22H,4-10,13-19H2,1-3H3;;/b12-11-;;. The summed E-state index contributed by atoms with van der Waals surface area (Å²) in [4.78, 5) is 11.6. The summed E-state index contributed by atoms with van der Waals surface area (Å²) in [6.07, 6.45) is 20.1.